The molecule has 0 saturated carbocycles. The summed E-state index contributed by atoms with van der Waals surface area (Å²) in [4.78, 5) is 17.0. The minimum Gasteiger partial charge on any atom is -0.366 e. The summed E-state index contributed by atoms with van der Waals surface area (Å²) >= 11 is 0. The number of nitrogens with zero attached hydrogens (tertiary/aromatic N) is 2. The van der Waals surface area contributed by atoms with Gasteiger partial charge in [-0.15, -0.1) is 0 Å². The maximum absolute atomic E-state index is 12.9. The molecule has 1 heterocycles. The van der Waals surface area contributed by atoms with Crippen LogP contribution >= 0.6 is 0 Å². The van der Waals surface area contributed by atoms with Crippen molar-refractivity contribution in [2.75, 3.05) is 5.32 Å². The topological polar surface area (TPSA) is 81.6 Å². The van der Waals surface area contributed by atoms with Crippen LogP contribution in [0.15, 0.2) is 35.1 Å². The molecule has 5 nitrogen and oxygen atoms in total. The summed E-state index contributed by atoms with van der Waals surface area (Å²) in [6.07, 6.45) is 0. The maximum atomic E-state index is 12.9. The van der Waals surface area contributed by atoms with E-state index in [0.717, 1.165) is 5.56 Å². The molecule has 0 spiro atoms. The molecule has 0 atom stereocenters. The lowest BCUT2D eigenvalue weighted by Crippen LogP contribution is -2.14. The fourth-order valence-corrected chi connectivity index (χ4v) is 1.45. The molecule has 0 amide bonds. The second kappa shape index (κ2) is 5.10. The molecule has 0 aliphatic carbocycles. The van der Waals surface area contributed by atoms with Crippen LogP contribution in [0.1, 0.15) is 11.3 Å². The van der Waals surface area contributed by atoms with Crippen LogP contribution in [0.5, 0.6) is 0 Å². The molecule has 0 aliphatic rings. The van der Waals surface area contributed by atoms with Crippen molar-refractivity contribution in [2.45, 2.75) is 6.54 Å². The number of halogens is 1. The van der Waals surface area contributed by atoms with Crippen molar-refractivity contribution in [3.63, 3.8) is 0 Å². The smallest absolute Gasteiger partial charge is 0.347 e. The largest absolute Gasteiger partial charge is 0.366 e. The first-order valence-corrected chi connectivity index (χ1v) is 5.17. The van der Waals surface area contributed by atoms with Crippen molar-refractivity contribution in [2.24, 2.45) is 0 Å². The van der Waals surface area contributed by atoms with E-state index in [9.17, 15) is 9.18 Å². The van der Waals surface area contributed by atoms with Gasteiger partial charge in [0.2, 0.25) is 0 Å². The summed E-state index contributed by atoms with van der Waals surface area (Å²) in [6, 6.07) is 9.31. The third-order valence-corrected chi connectivity index (χ3v) is 2.23. The van der Waals surface area contributed by atoms with E-state index in [1.54, 1.807) is 12.1 Å². The van der Waals surface area contributed by atoms with Gasteiger partial charge in [-0.1, -0.05) is 12.1 Å². The standard InChI is InChI=1S/C12H9FN4O/c13-9-3-1-2-8(4-9)7-15-11-5-10(6-14)16-12(18)17-11/h1-5H,7H2,(H2,15,16,17,18). The van der Waals surface area contributed by atoms with Gasteiger partial charge >= 0.3 is 5.69 Å². The summed E-state index contributed by atoms with van der Waals surface area (Å²) in [5, 5.41) is 11.5. The Balaban J connectivity index is 2.13. The highest BCUT2D eigenvalue weighted by Gasteiger charge is 2.00. The molecule has 2 rings (SSSR count). The zero-order valence-corrected chi connectivity index (χ0v) is 9.27. The number of hydrogen-bond acceptors (Lipinski definition) is 4. The van der Waals surface area contributed by atoms with Crippen LogP contribution in [-0.4, -0.2) is 9.97 Å². The van der Waals surface area contributed by atoms with E-state index in [2.05, 4.69) is 15.3 Å². The van der Waals surface area contributed by atoms with E-state index in [1.807, 2.05) is 6.07 Å². The normalized spacial score (nSPS) is 9.78. The molecular weight excluding hydrogens is 235 g/mol. The molecule has 0 aliphatic heterocycles. The van der Waals surface area contributed by atoms with E-state index < -0.39 is 5.69 Å². The lowest BCUT2D eigenvalue weighted by molar-refractivity contribution is 0.626. The zero-order chi connectivity index (χ0) is 13.0. The molecule has 0 fully saturated rings. The average Bonchev–Trinajstić information content (AvgIpc) is 2.36. The number of aromatic amines is 1. The second-order valence-electron chi connectivity index (χ2n) is 3.58. The van der Waals surface area contributed by atoms with Gasteiger partial charge in [0.1, 0.15) is 23.4 Å². The Kier molecular flexibility index (Phi) is 3.34. The number of benzene rings is 1. The second-order valence-corrected chi connectivity index (χ2v) is 3.58. The van der Waals surface area contributed by atoms with Crippen LogP contribution < -0.4 is 11.0 Å². The molecule has 2 aromatic rings. The number of nitriles is 1. The van der Waals surface area contributed by atoms with Gasteiger partial charge < -0.3 is 5.32 Å². The van der Waals surface area contributed by atoms with Gasteiger partial charge in [-0.25, -0.2) is 9.18 Å². The summed E-state index contributed by atoms with van der Waals surface area (Å²) in [6.45, 7) is 0.319. The van der Waals surface area contributed by atoms with Gasteiger partial charge in [-0.3, -0.25) is 4.98 Å². The molecule has 0 radical (unpaired) electrons. The molecule has 18 heavy (non-hydrogen) atoms. The number of anilines is 1. The van der Waals surface area contributed by atoms with Crippen molar-refractivity contribution < 1.29 is 4.39 Å². The Morgan fingerprint density at radius 1 is 1.44 bits per heavy atom. The lowest BCUT2D eigenvalue weighted by Gasteiger charge is -2.05. The summed E-state index contributed by atoms with van der Waals surface area (Å²) in [5.74, 6) is -0.0505. The number of aromatic nitrogens is 2. The van der Waals surface area contributed by atoms with Gasteiger partial charge in [-0.2, -0.15) is 10.2 Å². The van der Waals surface area contributed by atoms with Crippen molar-refractivity contribution in [3.05, 3.63) is 57.9 Å². The summed E-state index contributed by atoms with van der Waals surface area (Å²) in [7, 11) is 0. The Hall–Kier alpha value is -2.68. The maximum Gasteiger partial charge on any atom is 0.347 e. The Morgan fingerprint density at radius 2 is 2.28 bits per heavy atom. The third kappa shape index (κ3) is 2.92. The van der Waals surface area contributed by atoms with Crippen LogP contribution in [-0.2, 0) is 6.54 Å². The minimum atomic E-state index is -0.601. The molecule has 1 aromatic carbocycles. The molecular formula is C12H9FN4O. The van der Waals surface area contributed by atoms with Crippen LogP contribution in [0.4, 0.5) is 10.2 Å². The first-order chi connectivity index (χ1) is 8.67. The molecule has 90 valence electrons. The van der Waals surface area contributed by atoms with Crippen molar-refractivity contribution >= 4 is 5.82 Å². The average molecular weight is 244 g/mol. The van der Waals surface area contributed by atoms with Crippen LogP contribution in [0.25, 0.3) is 0 Å². The van der Waals surface area contributed by atoms with Crippen LogP contribution in [0, 0.1) is 17.1 Å². The Bertz CT molecular complexity index is 660. The van der Waals surface area contributed by atoms with Crippen molar-refractivity contribution in [1.29, 1.82) is 5.26 Å². The number of H-pyrrole nitrogens is 1. The van der Waals surface area contributed by atoms with Gasteiger partial charge in [0.05, 0.1) is 0 Å². The summed E-state index contributed by atoms with van der Waals surface area (Å²) in [5.41, 5.74) is 0.239. The molecule has 1 aromatic heterocycles. The first-order valence-electron chi connectivity index (χ1n) is 5.17. The summed E-state index contributed by atoms with van der Waals surface area (Å²) < 4.78 is 12.9. The quantitative estimate of drug-likeness (QED) is 0.854. The highest BCUT2D eigenvalue weighted by Crippen LogP contribution is 2.07. The monoisotopic (exact) mass is 244 g/mol. The lowest BCUT2D eigenvalue weighted by atomic mass is 10.2. The molecule has 2 N–H and O–H groups in total. The number of hydrogen-bond donors (Lipinski definition) is 2. The van der Waals surface area contributed by atoms with Gasteiger partial charge in [0.15, 0.2) is 0 Å². The van der Waals surface area contributed by atoms with E-state index in [0.29, 0.717) is 6.54 Å². The molecule has 0 bridgehead atoms. The van der Waals surface area contributed by atoms with E-state index in [4.69, 9.17) is 5.26 Å². The van der Waals surface area contributed by atoms with Crippen molar-refractivity contribution in [3.8, 4) is 6.07 Å². The van der Waals surface area contributed by atoms with E-state index in [-0.39, 0.29) is 17.3 Å². The highest BCUT2D eigenvalue weighted by molar-refractivity contribution is 5.39. The fraction of sp³-hybridized carbons (Fsp3) is 0.0833. The predicted octanol–water partition coefficient (Wildman–Crippen LogP) is 1.39. The Morgan fingerprint density at radius 3 is 3.00 bits per heavy atom. The zero-order valence-electron chi connectivity index (χ0n) is 9.27. The predicted molar refractivity (Wildman–Crippen MR) is 63.3 cm³/mol. The van der Waals surface area contributed by atoms with Gasteiger partial charge in [-0.05, 0) is 17.7 Å². The third-order valence-electron chi connectivity index (χ3n) is 2.23. The molecule has 6 heteroatoms. The fourth-order valence-electron chi connectivity index (χ4n) is 1.45. The SMILES string of the molecule is N#Cc1cc(NCc2cccc(F)c2)nc(=O)[nH]1. The van der Waals surface area contributed by atoms with E-state index in [1.165, 1.54) is 18.2 Å². The van der Waals surface area contributed by atoms with Crippen LogP contribution in [0.2, 0.25) is 0 Å². The van der Waals surface area contributed by atoms with Crippen LogP contribution in [0.3, 0.4) is 0 Å². The molecule has 0 unspecified atom stereocenters. The Labute approximate surface area is 102 Å². The van der Waals surface area contributed by atoms with Gasteiger partial charge in [0.25, 0.3) is 0 Å². The molecule has 0 saturated heterocycles. The van der Waals surface area contributed by atoms with Gasteiger partial charge in [0, 0.05) is 12.6 Å². The van der Waals surface area contributed by atoms with Crippen molar-refractivity contribution in [1.82, 2.24) is 9.97 Å². The minimum absolute atomic E-state index is 0.122. The van der Waals surface area contributed by atoms with E-state index >= 15 is 0 Å². The first kappa shape index (κ1) is 11.8. The number of rotatable bonds is 3. The number of nitrogens with one attached hydrogen (secondary N) is 2. The highest BCUT2D eigenvalue weighted by atomic mass is 19.1.